The number of amides is 2. The van der Waals surface area contributed by atoms with Crippen molar-refractivity contribution in [3.8, 4) is 0 Å². The lowest BCUT2D eigenvalue weighted by molar-refractivity contribution is -0.139. The second-order valence-corrected chi connectivity index (χ2v) is 8.62. The molecule has 158 valence electrons. The Bertz CT molecular complexity index is 746. The van der Waals surface area contributed by atoms with Gasteiger partial charge in [-0.3, -0.25) is 9.59 Å². The molecule has 3 aliphatic heterocycles. The fourth-order valence-electron chi connectivity index (χ4n) is 4.76. The van der Waals surface area contributed by atoms with E-state index in [0.717, 1.165) is 74.5 Å². The summed E-state index contributed by atoms with van der Waals surface area (Å²) in [6.07, 6.45) is 6.20. The number of nitrogens with zero attached hydrogens (tertiary/aromatic N) is 4. The number of aromatic nitrogens is 2. The third-order valence-corrected chi connectivity index (χ3v) is 6.54. The topological polar surface area (TPSA) is 75.6 Å². The molecule has 0 spiro atoms. The summed E-state index contributed by atoms with van der Waals surface area (Å²) >= 11 is 0. The molecule has 1 aromatic heterocycles. The normalized spacial score (nSPS) is 24.9. The van der Waals surface area contributed by atoms with Crippen molar-refractivity contribution in [2.24, 2.45) is 0 Å². The van der Waals surface area contributed by atoms with Crippen LogP contribution in [0.15, 0.2) is 0 Å². The van der Waals surface area contributed by atoms with E-state index >= 15 is 0 Å². The van der Waals surface area contributed by atoms with Crippen LogP contribution in [0.5, 0.6) is 0 Å². The lowest BCUT2D eigenvalue weighted by atomic mass is 10.0. The minimum Gasteiger partial charge on any atom is -0.368 e. The highest BCUT2D eigenvalue weighted by atomic mass is 16.5. The zero-order valence-electron chi connectivity index (χ0n) is 17.7. The van der Waals surface area contributed by atoms with Gasteiger partial charge in [-0.05, 0) is 52.4 Å². The van der Waals surface area contributed by atoms with E-state index in [1.807, 2.05) is 23.6 Å². The van der Waals surface area contributed by atoms with Gasteiger partial charge < -0.3 is 14.5 Å². The van der Waals surface area contributed by atoms with Gasteiger partial charge in [-0.15, -0.1) is 0 Å². The summed E-state index contributed by atoms with van der Waals surface area (Å²) < 4.78 is 5.55. The molecule has 3 fully saturated rings. The quantitative estimate of drug-likeness (QED) is 0.774. The molecule has 0 aromatic carbocycles. The number of aryl methyl sites for hydroxylation is 2. The Morgan fingerprint density at radius 2 is 1.69 bits per heavy atom. The summed E-state index contributed by atoms with van der Waals surface area (Å²) in [5.74, 6) is 1.25. The third kappa shape index (κ3) is 4.44. The van der Waals surface area contributed by atoms with E-state index < -0.39 is 0 Å². The molecule has 4 rings (SSSR count). The van der Waals surface area contributed by atoms with Gasteiger partial charge in [-0.25, -0.2) is 9.97 Å². The van der Waals surface area contributed by atoms with Crippen molar-refractivity contribution < 1.29 is 14.3 Å². The third-order valence-electron chi connectivity index (χ3n) is 6.54. The van der Waals surface area contributed by atoms with Crippen LogP contribution < -0.4 is 0 Å². The maximum atomic E-state index is 12.7. The van der Waals surface area contributed by atoms with E-state index in [0.29, 0.717) is 19.6 Å². The summed E-state index contributed by atoms with van der Waals surface area (Å²) in [7, 11) is 0. The Labute approximate surface area is 172 Å². The van der Waals surface area contributed by atoms with Crippen LogP contribution in [0.4, 0.5) is 0 Å². The average Bonchev–Trinajstić information content (AvgIpc) is 3.43. The molecular formula is C22H32N4O3. The molecule has 0 radical (unpaired) electrons. The molecule has 7 nitrogen and oxygen atoms in total. The first-order chi connectivity index (χ1) is 14.0. The van der Waals surface area contributed by atoms with E-state index in [-0.39, 0.29) is 23.8 Å². The summed E-state index contributed by atoms with van der Waals surface area (Å²) in [6, 6.07) is 0. The highest BCUT2D eigenvalue weighted by Crippen LogP contribution is 2.28. The molecule has 3 aliphatic rings. The van der Waals surface area contributed by atoms with Crippen LogP contribution in [0.25, 0.3) is 0 Å². The second-order valence-electron chi connectivity index (χ2n) is 8.62. The van der Waals surface area contributed by atoms with Crippen molar-refractivity contribution in [2.45, 2.75) is 70.8 Å². The Morgan fingerprint density at radius 1 is 0.966 bits per heavy atom. The summed E-state index contributed by atoms with van der Waals surface area (Å²) in [6.45, 7) is 7.76. The van der Waals surface area contributed by atoms with Crippen molar-refractivity contribution in [3.63, 3.8) is 0 Å². The number of ether oxygens (including phenoxy) is 1. The van der Waals surface area contributed by atoms with Crippen LogP contribution in [0, 0.1) is 13.8 Å². The molecule has 29 heavy (non-hydrogen) atoms. The van der Waals surface area contributed by atoms with Crippen molar-refractivity contribution in [1.82, 2.24) is 19.8 Å². The van der Waals surface area contributed by atoms with E-state index in [9.17, 15) is 9.59 Å². The lowest BCUT2D eigenvalue weighted by Crippen LogP contribution is -2.37. The number of carbonyl (C=O) groups excluding carboxylic acids is 2. The minimum atomic E-state index is -0.263. The summed E-state index contributed by atoms with van der Waals surface area (Å²) in [5.41, 5.74) is 2.73. The van der Waals surface area contributed by atoms with Crippen molar-refractivity contribution in [2.75, 3.05) is 32.8 Å². The Morgan fingerprint density at radius 3 is 2.34 bits per heavy atom. The number of carbonyl (C=O) groups is 2. The number of piperidine rings is 1. The van der Waals surface area contributed by atoms with E-state index in [2.05, 4.69) is 0 Å². The molecule has 0 bridgehead atoms. The standard InChI is InChI=1S/C22H32N4O3/c1-15-18(13-20(27)25-9-4-3-5-10-25)16(2)24-21(23-15)17-8-11-26(14-17)22(28)19-7-6-12-29-19/h17,19H,3-14H2,1-2H3/t17-,19+/m0/s1. The van der Waals surface area contributed by atoms with E-state index in [1.165, 1.54) is 6.42 Å². The molecule has 0 N–H and O–H groups in total. The van der Waals surface area contributed by atoms with Gasteiger partial charge in [0.15, 0.2) is 0 Å². The zero-order chi connectivity index (χ0) is 20.4. The molecule has 4 heterocycles. The van der Waals surface area contributed by atoms with Gasteiger partial charge in [0.1, 0.15) is 11.9 Å². The van der Waals surface area contributed by atoms with Crippen LogP contribution in [0.3, 0.4) is 0 Å². The average molecular weight is 401 g/mol. The van der Waals surface area contributed by atoms with Gasteiger partial charge in [0.2, 0.25) is 5.91 Å². The number of likely N-dealkylation sites (tertiary alicyclic amines) is 2. The molecule has 2 amide bonds. The van der Waals surface area contributed by atoms with E-state index in [4.69, 9.17) is 14.7 Å². The second kappa shape index (κ2) is 8.78. The van der Waals surface area contributed by atoms with Crippen LogP contribution in [-0.2, 0) is 20.7 Å². The van der Waals surface area contributed by atoms with Crippen molar-refractivity contribution in [1.29, 1.82) is 0 Å². The Balaban J connectivity index is 1.41. The fourth-order valence-corrected chi connectivity index (χ4v) is 4.76. The Hall–Kier alpha value is -2.02. The lowest BCUT2D eigenvalue weighted by Gasteiger charge is -2.27. The molecule has 0 aliphatic carbocycles. The van der Waals surface area contributed by atoms with Crippen LogP contribution in [0.2, 0.25) is 0 Å². The fraction of sp³-hybridized carbons (Fsp3) is 0.727. The number of hydrogen-bond acceptors (Lipinski definition) is 5. The largest absolute Gasteiger partial charge is 0.368 e. The van der Waals surface area contributed by atoms with Gasteiger partial charge in [-0.1, -0.05) is 0 Å². The first-order valence-corrected chi connectivity index (χ1v) is 11.0. The Kier molecular flexibility index (Phi) is 6.13. The van der Waals surface area contributed by atoms with Crippen LogP contribution >= 0.6 is 0 Å². The van der Waals surface area contributed by atoms with Gasteiger partial charge in [0.25, 0.3) is 5.91 Å². The number of hydrogen-bond donors (Lipinski definition) is 0. The molecule has 7 heteroatoms. The molecule has 1 aromatic rings. The van der Waals surface area contributed by atoms with Crippen molar-refractivity contribution in [3.05, 3.63) is 22.8 Å². The highest BCUT2D eigenvalue weighted by molar-refractivity contribution is 5.81. The minimum absolute atomic E-state index is 0.113. The summed E-state index contributed by atoms with van der Waals surface area (Å²) in [5, 5.41) is 0. The molecule has 2 atom stereocenters. The molecule has 3 saturated heterocycles. The molecular weight excluding hydrogens is 368 g/mol. The van der Waals surface area contributed by atoms with Crippen LogP contribution in [-0.4, -0.2) is 70.5 Å². The monoisotopic (exact) mass is 400 g/mol. The zero-order valence-corrected chi connectivity index (χ0v) is 17.7. The SMILES string of the molecule is Cc1nc([C@H]2CCN(C(=O)[C@H]3CCCO3)C2)nc(C)c1CC(=O)N1CCCCC1. The highest BCUT2D eigenvalue weighted by Gasteiger charge is 2.35. The predicted molar refractivity (Wildman–Crippen MR) is 109 cm³/mol. The van der Waals surface area contributed by atoms with Crippen LogP contribution in [0.1, 0.15) is 67.2 Å². The van der Waals surface area contributed by atoms with Crippen molar-refractivity contribution >= 4 is 11.8 Å². The first-order valence-electron chi connectivity index (χ1n) is 11.0. The smallest absolute Gasteiger partial charge is 0.251 e. The predicted octanol–water partition coefficient (Wildman–Crippen LogP) is 2.14. The van der Waals surface area contributed by atoms with Gasteiger partial charge in [0, 0.05) is 55.7 Å². The summed E-state index contributed by atoms with van der Waals surface area (Å²) in [4.78, 5) is 38.7. The maximum absolute atomic E-state index is 12.7. The molecule has 0 unspecified atom stereocenters. The van der Waals surface area contributed by atoms with Gasteiger partial charge >= 0.3 is 0 Å². The van der Waals surface area contributed by atoms with E-state index in [1.54, 1.807) is 0 Å². The first kappa shape index (κ1) is 20.3. The van der Waals surface area contributed by atoms with Gasteiger partial charge in [0.05, 0.1) is 6.42 Å². The maximum Gasteiger partial charge on any atom is 0.251 e. The van der Waals surface area contributed by atoms with Gasteiger partial charge in [-0.2, -0.15) is 0 Å². The molecule has 0 saturated carbocycles. The number of rotatable bonds is 4.